The minimum Gasteiger partial charge on any atom is -0.353 e. The van der Waals surface area contributed by atoms with Gasteiger partial charge in [-0.1, -0.05) is 12.2 Å². The smallest absolute Gasteiger partial charge is 0.274 e. The number of hydrogen-bond acceptors (Lipinski definition) is 3. The van der Waals surface area contributed by atoms with Gasteiger partial charge in [-0.25, -0.2) is 4.68 Å². The van der Waals surface area contributed by atoms with Gasteiger partial charge in [0.25, 0.3) is 5.56 Å². The molecular weight excluding hydrogens is 210 g/mol. The fourth-order valence-electron chi connectivity index (χ4n) is 1.40. The number of benzene rings is 1. The van der Waals surface area contributed by atoms with E-state index in [9.17, 15) is 4.79 Å². The van der Waals surface area contributed by atoms with Crippen molar-refractivity contribution in [3.63, 3.8) is 0 Å². The molecule has 0 bridgehead atoms. The molecule has 0 spiro atoms. The minimum atomic E-state index is -0.0959. The van der Waals surface area contributed by atoms with Crippen LogP contribution in [-0.2, 0) is 7.05 Å². The average molecular weight is 219 g/mol. The molecule has 76 valence electrons. The lowest BCUT2D eigenvalue weighted by atomic mass is 10.2. The second-order valence-corrected chi connectivity index (χ2v) is 3.37. The van der Waals surface area contributed by atoms with Gasteiger partial charge < -0.3 is 5.32 Å². The quantitative estimate of drug-likeness (QED) is 0.773. The fourth-order valence-corrected chi connectivity index (χ4v) is 1.53. The Morgan fingerprint density at radius 3 is 3.07 bits per heavy atom. The Labute approximate surface area is 91.5 Å². The van der Waals surface area contributed by atoms with Gasteiger partial charge in [0.15, 0.2) is 0 Å². The van der Waals surface area contributed by atoms with Crippen LogP contribution in [-0.4, -0.2) is 15.3 Å². The van der Waals surface area contributed by atoms with Crippen molar-refractivity contribution in [1.82, 2.24) is 9.78 Å². The lowest BCUT2D eigenvalue weighted by Crippen LogP contribution is -2.18. The molecule has 1 aromatic heterocycles. The molecule has 1 heterocycles. The maximum atomic E-state index is 11.6. The molecule has 0 saturated heterocycles. The van der Waals surface area contributed by atoms with Crippen molar-refractivity contribution in [2.75, 3.05) is 5.32 Å². The summed E-state index contributed by atoms with van der Waals surface area (Å²) < 4.78 is 1.31. The molecule has 0 aliphatic rings. The van der Waals surface area contributed by atoms with Crippen molar-refractivity contribution in [2.24, 2.45) is 7.05 Å². The highest BCUT2D eigenvalue weighted by atomic mass is 32.1. The van der Waals surface area contributed by atoms with Gasteiger partial charge in [-0.05, 0) is 18.2 Å². The van der Waals surface area contributed by atoms with E-state index < -0.39 is 0 Å². The lowest BCUT2D eigenvalue weighted by Gasteiger charge is -2.03. The van der Waals surface area contributed by atoms with Crippen molar-refractivity contribution in [1.29, 1.82) is 0 Å². The predicted octanol–water partition coefficient (Wildman–Crippen LogP) is 1.30. The SMILES string of the molecule is Cn1ncc2cc(NC=S)ccc2c1=O. The van der Waals surface area contributed by atoms with E-state index in [1.165, 1.54) is 10.2 Å². The molecular formula is C10H9N3OS. The van der Waals surface area contributed by atoms with Crippen LogP contribution in [0.2, 0.25) is 0 Å². The zero-order chi connectivity index (χ0) is 10.8. The zero-order valence-corrected chi connectivity index (χ0v) is 8.91. The Hall–Kier alpha value is -1.75. The number of aryl methyl sites for hydroxylation is 1. The first-order valence-corrected chi connectivity index (χ1v) is 4.86. The third-order valence-corrected chi connectivity index (χ3v) is 2.29. The Bertz CT molecular complexity index is 576. The highest BCUT2D eigenvalue weighted by molar-refractivity contribution is 7.79. The van der Waals surface area contributed by atoms with Gasteiger partial charge in [0, 0.05) is 18.1 Å². The summed E-state index contributed by atoms with van der Waals surface area (Å²) in [6, 6.07) is 5.42. The van der Waals surface area contributed by atoms with Gasteiger partial charge in [-0.3, -0.25) is 4.79 Å². The lowest BCUT2D eigenvalue weighted by molar-refractivity contribution is 0.718. The van der Waals surface area contributed by atoms with Crippen LogP contribution in [0.1, 0.15) is 0 Å². The number of rotatable bonds is 2. The summed E-state index contributed by atoms with van der Waals surface area (Å²) >= 11 is 4.69. The first-order valence-electron chi connectivity index (χ1n) is 4.38. The van der Waals surface area contributed by atoms with Crippen LogP contribution in [0.3, 0.4) is 0 Å². The molecule has 0 aliphatic carbocycles. The molecule has 0 saturated carbocycles. The normalized spacial score (nSPS) is 10.2. The van der Waals surface area contributed by atoms with Crippen LogP contribution in [0.4, 0.5) is 5.69 Å². The summed E-state index contributed by atoms with van der Waals surface area (Å²) in [6.07, 6.45) is 1.66. The maximum absolute atomic E-state index is 11.6. The first-order chi connectivity index (χ1) is 7.22. The Morgan fingerprint density at radius 1 is 1.53 bits per heavy atom. The van der Waals surface area contributed by atoms with Crippen molar-refractivity contribution in [3.05, 3.63) is 34.7 Å². The van der Waals surface area contributed by atoms with E-state index in [0.717, 1.165) is 11.1 Å². The van der Waals surface area contributed by atoms with Crippen molar-refractivity contribution < 1.29 is 0 Å². The standard InChI is InChI=1S/C10H9N3OS/c1-13-10(14)9-3-2-8(11-6-15)4-7(9)5-12-13/h2-6H,1H3,(H,11,15). The van der Waals surface area contributed by atoms with Gasteiger partial charge in [0.05, 0.1) is 17.1 Å². The van der Waals surface area contributed by atoms with Crippen LogP contribution >= 0.6 is 12.2 Å². The van der Waals surface area contributed by atoms with Crippen LogP contribution < -0.4 is 10.9 Å². The highest BCUT2D eigenvalue weighted by Gasteiger charge is 2.01. The van der Waals surface area contributed by atoms with Crippen molar-refractivity contribution >= 4 is 34.2 Å². The third-order valence-electron chi connectivity index (χ3n) is 2.17. The minimum absolute atomic E-state index is 0.0959. The number of aromatic nitrogens is 2. The maximum Gasteiger partial charge on any atom is 0.274 e. The number of hydrogen-bond donors (Lipinski definition) is 1. The van der Waals surface area contributed by atoms with Crippen molar-refractivity contribution in [2.45, 2.75) is 0 Å². The molecule has 1 N–H and O–H groups in total. The second kappa shape index (κ2) is 3.78. The average Bonchev–Trinajstić information content (AvgIpc) is 2.24. The van der Waals surface area contributed by atoms with Crippen LogP contribution in [0.5, 0.6) is 0 Å². The van der Waals surface area contributed by atoms with Crippen molar-refractivity contribution in [3.8, 4) is 0 Å². The van der Waals surface area contributed by atoms with Crippen LogP contribution in [0, 0.1) is 0 Å². The van der Waals surface area contributed by atoms with E-state index in [0.29, 0.717) is 5.39 Å². The second-order valence-electron chi connectivity index (χ2n) is 3.14. The molecule has 1 aromatic carbocycles. The van der Waals surface area contributed by atoms with Gasteiger partial charge in [0.1, 0.15) is 0 Å². The molecule has 0 atom stereocenters. The van der Waals surface area contributed by atoms with E-state index in [1.807, 2.05) is 12.1 Å². The highest BCUT2D eigenvalue weighted by Crippen LogP contribution is 2.14. The topological polar surface area (TPSA) is 46.9 Å². The van der Waals surface area contributed by atoms with Gasteiger partial charge in [-0.2, -0.15) is 5.10 Å². The van der Waals surface area contributed by atoms with Gasteiger partial charge >= 0.3 is 0 Å². The monoisotopic (exact) mass is 219 g/mol. The molecule has 4 nitrogen and oxygen atoms in total. The summed E-state index contributed by atoms with van der Waals surface area (Å²) in [5, 5.41) is 8.30. The molecule has 2 rings (SSSR count). The van der Waals surface area contributed by atoms with Crippen LogP contribution in [0.15, 0.2) is 29.2 Å². The number of nitrogens with one attached hydrogen (secondary N) is 1. The van der Waals surface area contributed by atoms with E-state index in [4.69, 9.17) is 0 Å². The number of nitrogens with zero attached hydrogens (tertiary/aromatic N) is 2. The molecule has 0 fully saturated rings. The Balaban J connectivity index is 2.69. The molecule has 15 heavy (non-hydrogen) atoms. The zero-order valence-electron chi connectivity index (χ0n) is 8.10. The number of anilines is 1. The molecule has 0 radical (unpaired) electrons. The third kappa shape index (κ3) is 1.73. The van der Waals surface area contributed by atoms with E-state index >= 15 is 0 Å². The Kier molecular flexibility index (Phi) is 2.47. The molecule has 5 heteroatoms. The first kappa shape index (κ1) is 9.79. The molecule has 0 unspecified atom stereocenters. The van der Waals surface area contributed by atoms with Crippen LogP contribution in [0.25, 0.3) is 10.8 Å². The fraction of sp³-hybridized carbons (Fsp3) is 0.100. The Morgan fingerprint density at radius 2 is 2.33 bits per heavy atom. The molecule has 2 aromatic rings. The summed E-state index contributed by atoms with van der Waals surface area (Å²) in [5.41, 5.74) is 2.18. The summed E-state index contributed by atoms with van der Waals surface area (Å²) in [7, 11) is 1.63. The number of thiocarbonyl (C=S) groups is 1. The van der Waals surface area contributed by atoms with E-state index in [-0.39, 0.29) is 5.56 Å². The molecule has 0 amide bonds. The van der Waals surface area contributed by atoms with Gasteiger partial charge in [-0.15, -0.1) is 0 Å². The van der Waals surface area contributed by atoms with E-state index in [2.05, 4.69) is 22.6 Å². The predicted molar refractivity (Wildman–Crippen MR) is 64.3 cm³/mol. The summed E-state index contributed by atoms with van der Waals surface area (Å²) in [5.74, 6) is 0. The molecule has 0 aliphatic heterocycles. The summed E-state index contributed by atoms with van der Waals surface area (Å²) in [4.78, 5) is 11.6. The van der Waals surface area contributed by atoms with Gasteiger partial charge in [0.2, 0.25) is 0 Å². The van der Waals surface area contributed by atoms with E-state index in [1.54, 1.807) is 19.3 Å². The number of fused-ring (bicyclic) bond motifs is 1. The summed E-state index contributed by atoms with van der Waals surface area (Å²) in [6.45, 7) is 0. The largest absolute Gasteiger partial charge is 0.353 e.